The van der Waals surface area contributed by atoms with Gasteiger partial charge in [0, 0.05) is 5.69 Å². The minimum absolute atomic E-state index is 0.689. The first-order valence-corrected chi connectivity index (χ1v) is 5.97. The maximum atomic E-state index is 4.05. The molecule has 0 fully saturated rings. The highest BCUT2D eigenvalue weighted by molar-refractivity contribution is 5.54. The van der Waals surface area contributed by atoms with Gasteiger partial charge in [-0.05, 0) is 29.5 Å². The summed E-state index contributed by atoms with van der Waals surface area (Å²) < 4.78 is 0. The van der Waals surface area contributed by atoms with Crippen molar-refractivity contribution in [3.05, 3.63) is 66.9 Å². The molecule has 0 atom stereocenters. The third-order valence-electron chi connectivity index (χ3n) is 2.56. The molecule has 5 nitrogen and oxygen atoms in total. The van der Waals surface area contributed by atoms with Crippen LogP contribution in [0.1, 0.15) is 0 Å². The van der Waals surface area contributed by atoms with Gasteiger partial charge < -0.3 is 5.32 Å². The summed E-state index contributed by atoms with van der Waals surface area (Å²) in [6.45, 7) is 0. The third kappa shape index (κ3) is 2.90. The van der Waals surface area contributed by atoms with E-state index in [1.54, 1.807) is 11.0 Å². The number of hydrogen-bond donors (Lipinski definition) is 2. The quantitative estimate of drug-likeness (QED) is 0.748. The van der Waals surface area contributed by atoms with Crippen molar-refractivity contribution >= 4 is 17.2 Å². The van der Waals surface area contributed by atoms with Crippen molar-refractivity contribution in [1.82, 2.24) is 15.1 Å². The Balaban J connectivity index is 1.70. The third-order valence-corrected chi connectivity index (χ3v) is 2.56. The fourth-order valence-corrected chi connectivity index (χ4v) is 1.69. The maximum absolute atomic E-state index is 4.05. The Morgan fingerprint density at radius 3 is 2.11 bits per heavy atom. The highest BCUT2D eigenvalue weighted by Gasteiger charge is 2.00. The fraction of sp³-hybridized carbons (Fsp3) is 0. The number of benzene rings is 2. The molecule has 1 aromatic heterocycles. The summed E-state index contributed by atoms with van der Waals surface area (Å²) in [6, 6.07) is 19.7. The van der Waals surface area contributed by atoms with Gasteiger partial charge in [0.15, 0.2) is 5.82 Å². The van der Waals surface area contributed by atoms with Crippen LogP contribution in [0.4, 0.5) is 17.2 Å². The summed E-state index contributed by atoms with van der Waals surface area (Å²) >= 11 is 0. The molecule has 0 saturated heterocycles. The Kier molecular flexibility index (Phi) is 3.10. The lowest BCUT2D eigenvalue weighted by Crippen LogP contribution is -2.09. The number of nitrogens with zero attached hydrogens (tertiary/aromatic N) is 3. The van der Waals surface area contributed by atoms with Crippen LogP contribution < -0.4 is 10.7 Å². The van der Waals surface area contributed by atoms with Crippen molar-refractivity contribution in [1.29, 1.82) is 0 Å². The van der Waals surface area contributed by atoms with Crippen molar-refractivity contribution < 1.29 is 0 Å². The molecule has 94 valence electrons. The number of nitrogens with one attached hydrogen (secondary N) is 2. The summed E-state index contributed by atoms with van der Waals surface area (Å²) in [7, 11) is 0. The van der Waals surface area contributed by atoms with E-state index in [9.17, 15) is 0 Å². The van der Waals surface area contributed by atoms with Crippen LogP contribution in [0.5, 0.6) is 0 Å². The zero-order valence-electron chi connectivity index (χ0n) is 10.2. The van der Waals surface area contributed by atoms with Crippen molar-refractivity contribution in [3.63, 3.8) is 0 Å². The molecular formula is C14H13N5. The monoisotopic (exact) mass is 251 g/mol. The van der Waals surface area contributed by atoms with Gasteiger partial charge in [0.25, 0.3) is 0 Å². The summed E-state index contributed by atoms with van der Waals surface area (Å²) in [5, 5.41) is 11.2. The van der Waals surface area contributed by atoms with Crippen molar-refractivity contribution in [2.75, 3.05) is 10.7 Å². The highest BCUT2D eigenvalue weighted by Crippen LogP contribution is 2.13. The first kappa shape index (κ1) is 11.3. The molecule has 0 spiro atoms. The average molecular weight is 251 g/mol. The second kappa shape index (κ2) is 5.22. The highest BCUT2D eigenvalue weighted by atomic mass is 15.6. The SMILES string of the molecule is c1ccc(Nc2cn(Nc3ccccc3)nn2)cc1. The molecule has 0 bridgehead atoms. The van der Waals surface area contributed by atoms with Crippen molar-refractivity contribution in [2.45, 2.75) is 0 Å². The van der Waals surface area contributed by atoms with Crippen molar-refractivity contribution in [3.8, 4) is 0 Å². The Morgan fingerprint density at radius 2 is 1.42 bits per heavy atom. The van der Waals surface area contributed by atoms with E-state index in [1.807, 2.05) is 60.7 Å². The maximum Gasteiger partial charge on any atom is 0.175 e. The zero-order valence-corrected chi connectivity index (χ0v) is 10.2. The predicted octanol–water partition coefficient (Wildman–Crippen LogP) is 2.90. The van der Waals surface area contributed by atoms with Gasteiger partial charge in [-0.25, -0.2) is 0 Å². The van der Waals surface area contributed by atoms with Crippen LogP contribution in [0.15, 0.2) is 66.9 Å². The van der Waals surface area contributed by atoms with Crippen LogP contribution in [0.25, 0.3) is 0 Å². The van der Waals surface area contributed by atoms with Crippen molar-refractivity contribution in [2.24, 2.45) is 0 Å². The molecule has 3 aromatic rings. The van der Waals surface area contributed by atoms with E-state index in [2.05, 4.69) is 21.1 Å². The molecule has 0 unspecified atom stereocenters. The average Bonchev–Trinajstić information content (AvgIpc) is 2.88. The lowest BCUT2D eigenvalue weighted by molar-refractivity contribution is 0.745. The fourth-order valence-electron chi connectivity index (χ4n) is 1.69. The van der Waals surface area contributed by atoms with E-state index in [1.165, 1.54) is 0 Å². The van der Waals surface area contributed by atoms with E-state index in [-0.39, 0.29) is 0 Å². The first-order chi connectivity index (χ1) is 9.40. The summed E-state index contributed by atoms with van der Waals surface area (Å²) in [6.07, 6.45) is 1.79. The number of para-hydroxylation sites is 2. The van der Waals surface area contributed by atoms with Crippen LogP contribution >= 0.6 is 0 Å². The Hall–Kier alpha value is -2.82. The van der Waals surface area contributed by atoms with Gasteiger partial charge in [-0.15, -0.1) is 5.10 Å². The van der Waals surface area contributed by atoms with Crippen LogP contribution in [-0.2, 0) is 0 Å². The normalized spacial score (nSPS) is 10.1. The molecule has 0 aliphatic heterocycles. The number of hydrogen-bond acceptors (Lipinski definition) is 4. The molecule has 2 N–H and O–H groups in total. The molecule has 0 aliphatic rings. The minimum Gasteiger partial charge on any atom is -0.337 e. The van der Waals surface area contributed by atoms with E-state index >= 15 is 0 Å². The Morgan fingerprint density at radius 1 is 0.789 bits per heavy atom. The molecule has 19 heavy (non-hydrogen) atoms. The van der Waals surface area contributed by atoms with Gasteiger partial charge in [0.05, 0.1) is 11.9 Å². The molecule has 0 aliphatic carbocycles. The molecule has 1 heterocycles. The predicted molar refractivity (Wildman–Crippen MR) is 75.2 cm³/mol. The van der Waals surface area contributed by atoms with E-state index < -0.39 is 0 Å². The number of aromatic nitrogens is 3. The summed E-state index contributed by atoms with van der Waals surface area (Å²) in [4.78, 5) is 1.57. The topological polar surface area (TPSA) is 54.8 Å². The molecule has 0 amide bonds. The lowest BCUT2D eigenvalue weighted by atomic mass is 10.3. The number of rotatable bonds is 4. The van der Waals surface area contributed by atoms with Gasteiger partial charge in [-0.2, -0.15) is 4.79 Å². The van der Waals surface area contributed by atoms with E-state index in [0.717, 1.165) is 11.4 Å². The Bertz CT molecular complexity index is 577. The second-order valence-electron chi connectivity index (χ2n) is 4.02. The molecule has 3 rings (SSSR count). The largest absolute Gasteiger partial charge is 0.337 e. The van der Waals surface area contributed by atoms with Gasteiger partial charge >= 0.3 is 0 Å². The standard InChI is InChI=1S/C14H13N5/c1-3-7-12(8-4-1)15-14-11-19(18-16-14)17-13-9-5-2-6-10-13/h1-11,15,17H. The number of anilines is 3. The molecule has 5 heteroatoms. The van der Waals surface area contributed by atoms with E-state index in [0.29, 0.717) is 5.82 Å². The van der Waals surface area contributed by atoms with Gasteiger partial charge in [-0.3, -0.25) is 5.43 Å². The lowest BCUT2D eigenvalue weighted by Gasteiger charge is -2.03. The van der Waals surface area contributed by atoms with Gasteiger partial charge in [0.1, 0.15) is 0 Å². The molecular weight excluding hydrogens is 238 g/mol. The summed E-state index contributed by atoms with van der Waals surface area (Å²) in [5.41, 5.74) is 5.05. The Labute approximate surface area is 110 Å². The van der Waals surface area contributed by atoms with Crippen LogP contribution in [0.3, 0.4) is 0 Å². The summed E-state index contributed by atoms with van der Waals surface area (Å²) in [5.74, 6) is 0.689. The smallest absolute Gasteiger partial charge is 0.175 e. The zero-order chi connectivity index (χ0) is 12.9. The first-order valence-electron chi connectivity index (χ1n) is 5.97. The van der Waals surface area contributed by atoms with Gasteiger partial charge in [0.2, 0.25) is 0 Å². The molecule has 2 aromatic carbocycles. The van der Waals surface area contributed by atoms with Crippen LogP contribution in [0, 0.1) is 0 Å². The van der Waals surface area contributed by atoms with Crippen LogP contribution in [0.2, 0.25) is 0 Å². The van der Waals surface area contributed by atoms with Gasteiger partial charge in [-0.1, -0.05) is 36.4 Å². The molecule has 0 saturated carbocycles. The van der Waals surface area contributed by atoms with Crippen LogP contribution in [-0.4, -0.2) is 15.1 Å². The second-order valence-corrected chi connectivity index (χ2v) is 4.02. The molecule has 0 radical (unpaired) electrons. The van der Waals surface area contributed by atoms with E-state index in [4.69, 9.17) is 0 Å². The minimum atomic E-state index is 0.689.